The molecular formula is C30H40N6O3. The van der Waals surface area contributed by atoms with Crippen molar-refractivity contribution < 1.29 is 9.59 Å². The third-order valence-electron chi connectivity index (χ3n) is 8.43. The Morgan fingerprint density at radius 3 is 2.46 bits per heavy atom. The monoisotopic (exact) mass is 532 g/mol. The topological polar surface area (TPSA) is 125 Å². The second-order valence-corrected chi connectivity index (χ2v) is 11.1. The van der Waals surface area contributed by atoms with E-state index >= 15 is 0 Å². The molecule has 2 fully saturated rings. The number of para-hydroxylation sites is 2. The lowest BCUT2D eigenvalue weighted by Gasteiger charge is -2.34. The molecule has 1 aliphatic carbocycles. The van der Waals surface area contributed by atoms with E-state index in [0.29, 0.717) is 57.3 Å². The quantitative estimate of drug-likeness (QED) is 0.356. The molecule has 1 saturated carbocycles. The Bertz CT molecular complexity index is 1310. The van der Waals surface area contributed by atoms with Crippen LogP contribution >= 0.6 is 0 Å². The molecule has 2 heterocycles. The van der Waals surface area contributed by atoms with Gasteiger partial charge in [0.2, 0.25) is 5.91 Å². The summed E-state index contributed by atoms with van der Waals surface area (Å²) in [7, 11) is 0. The van der Waals surface area contributed by atoms with Crippen LogP contribution in [0.4, 0.5) is 4.79 Å². The molecule has 2 aliphatic rings. The number of nitrogens with one attached hydrogen (secondary N) is 3. The number of rotatable bonds is 8. The van der Waals surface area contributed by atoms with Crippen LogP contribution in [-0.2, 0) is 11.2 Å². The molecule has 3 aromatic rings. The lowest BCUT2D eigenvalue weighted by Crippen LogP contribution is -2.54. The predicted octanol–water partition coefficient (Wildman–Crippen LogP) is 3.17. The number of nitrogens with two attached hydrogens (primary N) is 1. The molecule has 0 radical (unpaired) electrons. The van der Waals surface area contributed by atoms with Crippen LogP contribution in [0, 0.1) is 11.8 Å². The first-order valence-electron chi connectivity index (χ1n) is 14.3. The number of piperidine rings is 1. The third kappa shape index (κ3) is 6.53. The molecule has 5 N–H and O–H groups in total. The van der Waals surface area contributed by atoms with Crippen molar-refractivity contribution in [2.45, 2.75) is 57.0 Å². The highest BCUT2D eigenvalue weighted by atomic mass is 16.2. The molecule has 5 rings (SSSR count). The van der Waals surface area contributed by atoms with Gasteiger partial charge in [0.25, 0.3) is 0 Å². The van der Waals surface area contributed by atoms with Gasteiger partial charge >= 0.3 is 11.7 Å². The Balaban J connectivity index is 1.20. The average Bonchev–Trinajstić information content (AvgIpc) is 3.31. The molecule has 3 atom stereocenters. The highest BCUT2D eigenvalue weighted by Gasteiger charge is 2.29. The molecule has 2 aromatic carbocycles. The maximum absolute atomic E-state index is 13.3. The summed E-state index contributed by atoms with van der Waals surface area (Å²) in [6, 6.07) is 16.6. The summed E-state index contributed by atoms with van der Waals surface area (Å²) in [5.74, 6) is 0.807. The van der Waals surface area contributed by atoms with Gasteiger partial charge in [-0.1, -0.05) is 48.9 Å². The summed E-state index contributed by atoms with van der Waals surface area (Å²) in [4.78, 5) is 43.9. The first kappa shape index (κ1) is 27.0. The highest BCUT2D eigenvalue weighted by Crippen LogP contribution is 2.28. The molecule has 0 unspecified atom stereocenters. The van der Waals surface area contributed by atoms with Crippen molar-refractivity contribution in [2.24, 2.45) is 17.6 Å². The number of carbonyl (C=O) groups is 2. The van der Waals surface area contributed by atoms with Crippen LogP contribution in [0.25, 0.3) is 11.0 Å². The smallest absolute Gasteiger partial charge is 0.326 e. The van der Waals surface area contributed by atoms with Crippen LogP contribution in [0.3, 0.4) is 0 Å². The number of nitrogens with zero attached hydrogens (tertiary/aromatic N) is 2. The second-order valence-electron chi connectivity index (χ2n) is 11.1. The number of hydrogen-bond donors (Lipinski definition) is 4. The zero-order valence-corrected chi connectivity index (χ0v) is 22.5. The summed E-state index contributed by atoms with van der Waals surface area (Å²) in [6.07, 6.45) is 6.23. The van der Waals surface area contributed by atoms with Gasteiger partial charge in [-0.15, -0.1) is 0 Å². The predicted molar refractivity (Wildman–Crippen MR) is 152 cm³/mol. The second kappa shape index (κ2) is 12.5. The normalized spacial score (nSPS) is 21.0. The van der Waals surface area contributed by atoms with Gasteiger partial charge in [0, 0.05) is 32.1 Å². The van der Waals surface area contributed by atoms with Gasteiger partial charge < -0.3 is 26.3 Å². The molecule has 39 heavy (non-hydrogen) atoms. The van der Waals surface area contributed by atoms with Crippen molar-refractivity contribution in [2.75, 3.05) is 26.2 Å². The summed E-state index contributed by atoms with van der Waals surface area (Å²) < 4.78 is 1.82. The summed E-state index contributed by atoms with van der Waals surface area (Å²) in [6.45, 7) is 2.35. The van der Waals surface area contributed by atoms with Crippen molar-refractivity contribution in [3.8, 4) is 0 Å². The van der Waals surface area contributed by atoms with Crippen molar-refractivity contribution in [1.82, 2.24) is 25.1 Å². The molecule has 208 valence electrons. The molecule has 1 aliphatic heterocycles. The molecule has 1 saturated heterocycles. The minimum atomic E-state index is -0.664. The van der Waals surface area contributed by atoms with E-state index in [2.05, 4.69) is 15.6 Å². The van der Waals surface area contributed by atoms with Crippen LogP contribution in [-0.4, -0.2) is 58.6 Å². The standard InChI is InChI=1S/C30H40N6O3/c31-19-22-9-6-10-23(17-22)20-32-28(37)26(18-21-7-2-1-3-8-21)34-29(38)35-15-13-24(14-16-35)36-27-12-5-4-11-25(27)33-30(36)39/h1-5,7-8,11-12,22-24,26H,6,9-10,13-20,31H2,(H,32,37)(H,33,39)(H,34,38)/t22-,23+,26-/m1/s1. The van der Waals surface area contributed by atoms with E-state index in [-0.39, 0.29) is 23.7 Å². The van der Waals surface area contributed by atoms with Gasteiger partial charge in [0.1, 0.15) is 6.04 Å². The van der Waals surface area contributed by atoms with Crippen LogP contribution < -0.4 is 22.1 Å². The van der Waals surface area contributed by atoms with E-state index in [9.17, 15) is 14.4 Å². The number of imidazole rings is 1. The van der Waals surface area contributed by atoms with Gasteiger partial charge in [-0.25, -0.2) is 9.59 Å². The maximum atomic E-state index is 13.3. The van der Waals surface area contributed by atoms with Crippen LogP contribution in [0.2, 0.25) is 0 Å². The molecule has 3 amide bonds. The third-order valence-corrected chi connectivity index (χ3v) is 8.43. The van der Waals surface area contributed by atoms with Gasteiger partial charge in [-0.3, -0.25) is 9.36 Å². The summed E-state index contributed by atoms with van der Waals surface area (Å²) >= 11 is 0. The number of urea groups is 1. The van der Waals surface area contributed by atoms with Crippen LogP contribution in [0.15, 0.2) is 59.4 Å². The van der Waals surface area contributed by atoms with Gasteiger partial charge in [-0.05, 0) is 68.2 Å². The molecule has 9 nitrogen and oxygen atoms in total. The van der Waals surface area contributed by atoms with E-state index in [1.165, 1.54) is 6.42 Å². The number of carbonyl (C=O) groups excluding carboxylic acids is 2. The highest BCUT2D eigenvalue weighted by molar-refractivity contribution is 5.87. The number of aromatic amines is 1. The molecular weight excluding hydrogens is 492 g/mol. The van der Waals surface area contributed by atoms with E-state index in [4.69, 9.17) is 5.73 Å². The fourth-order valence-corrected chi connectivity index (χ4v) is 6.23. The van der Waals surface area contributed by atoms with Gasteiger partial charge in [-0.2, -0.15) is 0 Å². The number of fused-ring (bicyclic) bond motifs is 1. The van der Waals surface area contributed by atoms with Crippen molar-refractivity contribution >= 4 is 23.0 Å². The number of hydrogen-bond acceptors (Lipinski definition) is 4. The minimum absolute atomic E-state index is 0.0222. The minimum Gasteiger partial charge on any atom is -0.354 e. The van der Waals surface area contributed by atoms with Crippen molar-refractivity contribution in [1.29, 1.82) is 0 Å². The Kier molecular flexibility index (Phi) is 8.66. The number of benzene rings is 2. The van der Waals surface area contributed by atoms with E-state index in [0.717, 1.165) is 35.9 Å². The van der Waals surface area contributed by atoms with Crippen LogP contribution in [0.5, 0.6) is 0 Å². The van der Waals surface area contributed by atoms with Gasteiger partial charge in [0.15, 0.2) is 0 Å². The summed E-state index contributed by atoms with van der Waals surface area (Å²) in [5.41, 5.74) is 8.48. The largest absolute Gasteiger partial charge is 0.354 e. The van der Waals surface area contributed by atoms with Crippen LogP contribution in [0.1, 0.15) is 50.1 Å². The number of aromatic nitrogens is 2. The van der Waals surface area contributed by atoms with E-state index < -0.39 is 6.04 Å². The number of amides is 3. The van der Waals surface area contributed by atoms with E-state index in [1.807, 2.05) is 59.2 Å². The van der Waals surface area contributed by atoms with Gasteiger partial charge in [0.05, 0.1) is 11.0 Å². The zero-order valence-electron chi connectivity index (χ0n) is 22.5. The lowest BCUT2D eigenvalue weighted by atomic mass is 9.81. The molecule has 9 heteroatoms. The average molecular weight is 533 g/mol. The lowest BCUT2D eigenvalue weighted by molar-refractivity contribution is -0.123. The SMILES string of the molecule is NC[C@@H]1CCC[C@H](CNC(=O)[C@@H](Cc2ccccc2)NC(=O)N2CCC(n3c(=O)[nH]c4ccccc43)CC2)C1. The van der Waals surface area contributed by atoms with Crippen molar-refractivity contribution in [3.05, 3.63) is 70.6 Å². The summed E-state index contributed by atoms with van der Waals surface area (Å²) in [5, 5.41) is 6.13. The Morgan fingerprint density at radius 1 is 0.974 bits per heavy atom. The number of likely N-dealkylation sites (tertiary alicyclic amines) is 1. The first-order valence-corrected chi connectivity index (χ1v) is 14.3. The Morgan fingerprint density at radius 2 is 1.69 bits per heavy atom. The molecule has 0 spiro atoms. The molecule has 0 bridgehead atoms. The number of H-pyrrole nitrogens is 1. The Hall–Kier alpha value is -3.59. The molecule has 1 aromatic heterocycles. The fourth-order valence-electron chi connectivity index (χ4n) is 6.23. The van der Waals surface area contributed by atoms with Crippen molar-refractivity contribution in [3.63, 3.8) is 0 Å². The Labute approximate surface area is 229 Å². The fraction of sp³-hybridized carbons (Fsp3) is 0.500. The maximum Gasteiger partial charge on any atom is 0.326 e. The zero-order chi connectivity index (χ0) is 27.2. The van der Waals surface area contributed by atoms with E-state index in [1.54, 1.807) is 4.90 Å². The first-order chi connectivity index (χ1) is 19.0.